The van der Waals surface area contributed by atoms with Gasteiger partial charge in [-0.15, -0.1) is 0 Å². The Bertz CT molecular complexity index is 715. The second-order valence-electron chi connectivity index (χ2n) is 4.49. The quantitative estimate of drug-likeness (QED) is 0.476. The molecule has 0 unspecified atom stereocenters. The Morgan fingerprint density at radius 3 is 2.76 bits per heavy atom. The SMILES string of the molecule is O=C(O)CC(=O)CCCOc1cc(=O)oc2ccccc12. The second kappa shape index (κ2) is 6.69. The van der Waals surface area contributed by atoms with Crippen LogP contribution in [-0.4, -0.2) is 23.5 Å². The topological polar surface area (TPSA) is 93.8 Å². The van der Waals surface area contributed by atoms with Crippen molar-refractivity contribution in [3.63, 3.8) is 0 Å². The number of carbonyl (C=O) groups is 2. The number of carboxylic acids is 1. The third-order valence-corrected chi connectivity index (χ3v) is 2.82. The Morgan fingerprint density at radius 2 is 2.00 bits per heavy atom. The minimum Gasteiger partial charge on any atom is -0.493 e. The maximum atomic E-state index is 11.4. The van der Waals surface area contributed by atoms with Crippen molar-refractivity contribution in [1.82, 2.24) is 0 Å². The Balaban J connectivity index is 1.96. The van der Waals surface area contributed by atoms with Crippen LogP contribution in [0.3, 0.4) is 0 Å². The number of fused-ring (bicyclic) bond motifs is 1. The minimum atomic E-state index is -1.13. The number of carbonyl (C=O) groups excluding carboxylic acids is 1. The molecule has 0 bridgehead atoms. The molecule has 0 amide bonds. The number of hydrogen-bond donors (Lipinski definition) is 1. The average molecular weight is 290 g/mol. The highest BCUT2D eigenvalue weighted by molar-refractivity contribution is 5.94. The van der Waals surface area contributed by atoms with Crippen LogP contribution >= 0.6 is 0 Å². The maximum Gasteiger partial charge on any atom is 0.339 e. The molecule has 0 saturated carbocycles. The van der Waals surface area contributed by atoms with E-state index in [1.165, 1.54) is 6.07 Å². The molecule has 0 aliphatic carbocycles. The summed E-state index contributed by atoms with van der Waals surface area (Å²) in [4.78, 5) is 33.0. The smallest absolute Gasteiger partial charge is 0.339 e. The number of hydrogen-bond acceptors (Lipinski definition) is 5. The van der Waals surface area contributed by atoms with E-state index in [1.54, 1.807) is 24.3 Å². The first-order valence-corrected chi connectivity index (χ1v) is 6.45. The molecule has 0 aliphatic heterocycles. The predicted octanol–water partition coefficient (Wildman–Crippen LogP) is 2.00. The number of benzene rings is 1. The zero-order valence-corrected chi connectivity index (χ0v) is 11.2. The fraction of sp³-hybridized carbons (Fsp3) is 0.267. The van der Waals surface area contributed by atoms with E-state index in [2.05, 4.69) is 0 Å². The highest BCUT2D eigenvalue weighted by Gasteiger charge is 2.09. The molecule has 1 heterocycles. The molecule has 1 aromatic heterocycles. The molecule has 0 saturated heterocycles. The van der Waals surface area contributed by atoms with Gasteiger partial charge in [0, 0.05) is 6.42 Å². The number of para-hydroxylation sites is 1. The van der Waals surface area contributed by atoms with Gasteiger partial charge < -0.3 is 14.3 Å². The number of Topliss-reactive ketones (excluding diaryl/α,β-unsaturated/α-hetero) is 1. The lowest BCUT2D eigenvalue weighted by Crippen LogP contribution is -2.09. The van der Waals surface area contributed by atoms with Crippen molar-refractivity contribution in [3.8, 4) is 5.75 Å². The van der Waals surface area contributed by atoms with Crippen LogP contribution in [-0.2, 0) is 9.59 Å². The van der Waals surface area contributed by atoms with Gasteiger partial charge in [-0.1, -0.05) is 12.1 Å². The summed E-state index contributed by atoms with van der Waals surface area (Å²) in [5.41, 5.74) is -0.0763. The predicted molar refractivity (Wildman–Crippen MR) is 74.5 cm³/mol. The standard InChI is InChI=1S/C15H14O6/c16-10(8-14(17)18)4-3-7-20-13-9-15(19)21-12-6-2-1-5-11(12)13/h1-2,5-6,9H,3-4,7-8H2,(H,17,18). The first kappa shape index (κ1) is 14.8. The second-order valence-corrected chi connectivity index (χ2v) is 4.49. The number of ether oxygens (including phenoxy) is 1. The molecule has 0 radical (unpaired) electrons. The summed E-state index contributed by atoms with van der Waals surface area (Å²) in [7, 11) is 0. The van der Waals surface area contributed by atoms with Crippen LogP contribution in [0.25, 0.3) is 11.0 Å². The molecular formula is C15H14O6. The normalized spacial score (nSPS) is 10.5. The van der Waals surface area contributed by atoms with Gasteiger partial charge >= 0.3 is 11.6 Å². The molecule has 1 aromatic carbocycles. The maximum absolute atomic E-state index is 11.4. The Morgan fingerprint density at radius 1 is 1.24 bits per heavy atom. The first-order chi connectivity index (χ1) is 10.1. The number of ketones is 1. The van der Waals surface area contributed by atoms with Crippen LogP contribution in [0.2, 0.25) is 0 Å². The van der Waals surface area contributed by atoms with Gasteiger partial charge in [0.15, 0.2) is 0 Å². The fourth-order valence-electron chi connectivity index (χ4n) is 1.91. The van der Waals surface area contributed by atoms with Crippen molar-refractivity contribution in [2.45, 2.75) is 19.3 Å². The van der Waals surface area contributed by atoms with E-state index in [0.29, 0.717) is 23.1 Å². The van der Waals surface area contributed by atoms with Crippen molar-refractivity contribution in [2.75, 3.05) is 6.61 Å². The summed E-state index contributed by atoms with van der Waals surface area (Å²) in [5.74, 6) is -1.08. The number of rotatable bonds is 7. The highest BCUT2D eigenvalue weighted by Crippen LogP contribution is 2.23. The molecule has 0 fully saturated rings. The summed E-state index contributed by atoms with van der Waals surface area (Å²) in [6, 6.07) is 8.23. The zero-order chi connectivity index (χ0) is 15.2. The van der Waals surface area contributed by atoms with Crippen molar-refractivity contribution >= 4 is 22.7 Å². The molecule has 0 spiro atoms. The fourth-order valence-corrected chi connectivity index (χ4v) is 1.91. The van der Waals surface area contributed by atoms with Crippen LogP contribution in [0.1, 0.15) is 19.3 Å². The molecule has 1 N–H and O–H groups in total. The lowest BCUT2D eigenvalue weighted by Gasteiger charge is -2.07. The van der Waals surface area contributed by atoms with Crippen LogP contribution in [0.5, 0.6) is 5.75 Å². The Labute approximate surface area is 119 Å². The van der Waals surface area contributed by atoms with Crippen molar-refractivity contribution < 1.29 is 23.8 Å². The van der Waals surface area contributed by atoms with Gasteiger partial charge in [0.2, 0.25) is 0 Å². The van der Waals surface area contributed by atoms with Gasteiger partial charge in [0.1, 0.15) is 23.5 Å². The summed E-state index contributed by atoms with van der Waals surface area (Å²) < 4.78 is 10.5. The van der Waals surface area contributed by atoms with Crippen LogP contribution < -0.4 is 10.4 Å². The van der Waals surface area contributed by atoms with Crippen LogP contribution in [0.15, 0.2) is 39.5 Å². The van der Waals surface area contributed by atoms with Gasteiger partial charge in [-0.3, -0.25) is 9.59 Å². The molecule has 0 aliphatic rings. The minimum absolute atomic E-state index is 0.131. The molecule has 0 atom stereocenters. The molecule has 2 aromatic rings. The zero-order valence-electron chi connectivity index (χ0n) is 11.2. The molecule has 110 valence electrons. The molecular weight excluding hydrogens is 276 g/mol. The van der Waals surface area contributed by atoms with E-state index >= 15 is 0 Å². The van der Waals surface area contributed by atoms with Gasteiger partial charge in [-0.25, -0.2) is 4.79 Å². The monoisotopic (exact) mass is 290 g/mol. The average Bonchev–Trinajstić information content (AvgIpc) is 2.42. The largest absolute Gasteiger partial charge is 0.493 e. The summed E-state index contributed by atoms with van der Waals surface area (Å²) >= 11 is 0. The summed E-state index contributed by atoms with van der Waals surface area (Å²) in [6.45, 7) is 0.221. The van der Waals surface area contributed by atoms with Crippen molar-refractivity contribution in [1.29, 1.82) is 0 Å². The van der Waals surface area contributed by atoms with E-state index in [9.17, 15) is 14.4 Å². The molecule has 21 heavy (non-hydrogen) atoms. The highest BCUT2D eigenvalue weighted by atomic mass is 16.5. The van der Waals surface area contributed by atoms with Crippen molar-refractivity contribution in [3.05, 3.63) is 40.8 Å². The lowest BCUT2D eigenvalue weighted by atomic mass is 10.2. The first-order valence-electron chi connectivity index (χ1n) is 6.45. The van der Waals surface area contributed by atoms with Gasteiger partial charge in [-0.2, -0.15) is 0 Å². The summed E-state index contributed by atoms with van der Waals surface area (Å²) in [5, 5.41) is 9.15. The van der Waals surface area contributed by atoms with Crippen molar-refractivity contribution in [2.24, 2.45) is 0 Å². The molecule has 2 rings (SSSR count). The Kier molecular flexibility index (Phi) is 4.71. The molecule has 6 heteroatoms. The van der Waals surface area contributed by atoms with Gasteiger partial charge in [-0.05, 0) is 18.6 Å². The van der Waals surface area contributed by atoms with Gasteiger partial charge in [0.05, 0.1) is 18.1 Å². The van der Waals surface area contributed by atoms with E-state index in [1.807, 2.05) is 0 Å². The van der Waals surface area contributed by atoms with E-state index < -0.39 is 18.0 Å². The van der Waals surface area contributed by atoms with E-state index in [-0.39, 0.29) is 18.8 Å². The van der Waals surface area contributed by atoms with Crippen LogP contribution in [0, 0.1) is 0 Å². The number of aliphatic carboxylic acids is 1. The molecule has 6 nitrogen and oxygen atoms in total. The third-order valence-electron chi connectivity index (χ3n) is 2.82. The van der Waals surface area contributed by atoms with E-state index in [0.717, 1.165) is 0 Å². The van der Waals surface area contributed by atoms with Crippen LogP contribution in [0.4, 0.5) is 0 Å². The summed E-state index contributed by atoms with van der Waals surface area (Å²) in [6.07, 6.45) is 0.0458. The van der Waals surface area contributed by atoms with Gasteiger partial charge in [0.25, 0.3) is 0 Å². The third kappa shape index (κ3) is 4.17. The lowest BCUT2D eigenvalue weighted by molar-refractivity contribution is -0.140. The number of carboxylic acid groups (broad SMARTS) is 1. The van der Waals surface area contributed by atoms with E-state index in [4.69, 9.17) is 14.3 Å². The Hall–Kier alpha value is -2.63.